The predicted octanol–water partition coefficient (Wildman–Crippen LogP) is 4.01. The van der Waals surface area contributed by atoms with Crippen LogP contribution in [0.1, 0.15) is 56.2 Å². The molecule has 2 aliphatic rings. The lowest BCUT2D eigenvalue weighted by Gasteiger charge is -2.38. The van der Waals surface area contributed by atoms with E-state index in [2.05, 4.69) is 5.32 Å². The van der Waals surface area contributed by atoms with E-state index in [1.54, 1.807) is 11.3 Å². The Morgan fingerprint density at radius 1 is 1.30 bits per heavy atom. The highest BCUT2D eigenvalue weighted by Gasteiger charge is 2.47. The van der Waals surface area contributed by atoms with Gasteiger partial charge in [-0.05, 0) is 51.7 Å². The number of hydrogen-bond donors (Lipinski definition) is 1. The van der Waals surface area contributed by atoms with Crippen LogP contribution in [-0.4, -0.2) is 30.9 Å². The number of ketones is 1. The molecule has 1 aromatic rings. The van der Waals surface area contributed by atoms with Gasteiger partial charge in [0.25, 0.3) is 0 Å². The summed E-state index contributed by atoms with van der Waals surface area (Å²) >= 11 is 1.54. The zero-order valence-corrected chi connectivity index (χ0v) is 19.1. The number of carbonyl (C=O) groups excluding carboxylic acids is 3. The van der Waals surface area contributed by atoms with E-state index in [9.17, 15) is 14.4 Å². The van der Waals surface area contributed by atoms with Gasteiger partial charge in [-0.2, -0.15) is 0 Å². The Morgan fingerprint density at radius 2 is 2.00 bits per heavy atom. The molecule has 0 fully saturated rings. The number of ether oxygens (including phenoxy) is 2. The molecule has 0 saturated carbocycles. The van der Waals surface area contributed by atoms with Gasteiger partial charge in [0.1, 0.15) is 5.92 Å². The Bertz CT molecular complexity index is 941. The van der Waals surface area contributed by atoms with E-state index < -0.39 is 23.8 Å². The van der Waals surface area contributed by atoms with E-state index in [4.69, 9.17) is 9.47 Å². The first kappa shape index (κ1) is 22.3. The molecule has 3 rings (SSSR count). The minimum Gasteiger partial charge on any atom is -0.468 e. The van der Waals surface area contributed by atoms with E-state index in [0.29, 0.717) is 29.7 Å². The zero-order chi connectivity index (χ0) is 22.2. The van der Waals surface area contributed by atoms with Gasteiger partial charge < -0.3 is 14.8 Å². The van der Waals surface area contributed by atoms with E-state index in [1.807, 2.05) is 46.8 Å². The first-order valence-corrected chi connectivity index (χ1v) is 11.1. The van der Waals surface area contributed by atoms with Gasteiger partial charge in [-0.25, -0.2) is 4.79 Å². The summed E-state index contributed by atoms with van der Waals surface area (Å²) < 4.78 is 10.6. The highest BCUT2D eigenvalue weighted by Crippen LogP contribution is 2.47. The van der Waals surface area contributed by atoms with Gasteiger partial charge in [0, 0.05) is 26.7 Å². The largest absolute Gasteiger partial charge is 0.468 e. The van der Waals surface area contributed by atoms with Gasteiger partial charge in [0.2, 0.25) is 0 Å². The number of nitrogens with one attached hydrogen (secondary N) is 1. The topological polar surface area (TPSA) is 81.7 Å². The van der Waals surface area contributed by atoms with Crippen molar-refractivity contribution < 1.29 is 23.9 Å². The number of Topliss-reactive ketones (excluding diaryl/α,β-unsaturated/α-hetero) is 1. The summed E-state index contributed by atoms with van der Waals surface area (Å²) in [5, 5.41) is 3.28. The number of dihydropyridines is 1. The lowest BCUT2D eigenvalue weighted by molar-refractivity contribution is -0.151. The second-order valence-electron chi connectivity index (χ2n) is 8.11. The monoisotopic (exact) mass is 431 g/mol. The van der Waals surface area contributed by atoms with Crippen molar-refractivity contribution in [2.75, 3.05) is 7.11 Å². The maximum Gasteiger partial charge on any atom is 0.337 e. The van der Waals surface area contributed by atoms with Crippen LogP contribution in [-0.2, 0) is 23.9 Å². The Kier molecular flexibility index (Phi) is 6.50. The van der Waals surface area contributed by atoms with E-state index in [1.165, 1.54) is 7.11 Å². The molecule has 0 saturated heterocycles. The van der Waals surface area contributed by atoms with Crippen LogP contribution < -0.4 is 5.32 Å². The second kappa shape index (κ2) is 8.76. The first-order valence-electron chi connectivity index (χ1n) is 10.3. The average Bonchev–Trinajstić information content (AvgIpc) is 3.12. The fourth-order valence-electron chi connectivity index (χ4n) is 4.17. The van der Waals surface area contributed by atoms with Crippen molar-refractivity contribution in [2.24, 2.45) is 11.8 Å². The molecule has 2 heterocycles. The van der Waals surface area contributed by atoms with Gasteiger partial charge in [0.15, 0.2) is 5.78 Å². The number of allylic oxidation sites excluding steroid dienone is 3. The predicted molar refractivity (Wildman–Crippen MR) is 115 cm³/mol. The Labute approximate surface area is 181 Å². The molecule has 4 atom stereocenters. The highest BCUT2D eigenvalue weighted by molar-refractivity contribution is 7.12. The van der Waals surface area contributed by atoms with Crippen molar-refractivity contribution in [3.05, 3.63) is 44.4 Å². The van der Waals surface area contributed by atoms with Crippen LogP contribution in [0.15, 0.2) is 34.7 Å². The van der Waals surface area contributed by atoms with E-state index in [0.717, 1.165) is 15.5 Å². The molecule has 30 heavy (non-hydrogen) atoms. The smallest absolute Gasteiger partial charge is 0.337 e. The molecule has 1 aliphatic carbocycles. The van der Waals surface area contributed by atoms with Crippen LogP contribution in [0.2, 0.25) is 0 Å². The normalized spacial score (nSPS) is 24.9. The Hall–Kier alpha value is -2.41. The molecule has 1 aliphatic heterocycles. The van der Waals surface area contributed by atoms with Crippen LogP contribution in [0.3, 0.4) is 0 Å². The summed E-state index contributed by atoms with van der Waals surface area (Å²) in [5.74, 6) is -2.86. The molecule has 1 N–H and O–H groups in total. The van der Waals surface area contributed by atoms with Crippen LogP contribution in [0.4, 0.5) is 0 Å². The molecule has 0 bridgehead atoms. The minimum atomic E-state index is -0.871. The lowest BCUT2D eigenvalue weighted by Crippen LogP contribution is -2.43. The van der Waals surface area contributed by atoms with Crippen molar-refractivity contribution in [1.29, 1.82) is 0 Å². The molecule has 0 amide bonds. The molecular formula is C23H29NO5S. The minimum absolute atomic E-state index is 0.191. The number of aryl methyl sites for hydroxylation is 1. The third-order valence-electron chi connectivity index (χ3n) is 5.89. The number of thiophene rings is 1. The summed E-state index contributed by atoms with van der Waals surface area (Å²) in [5.41, 5.74) is 2.38. The fourth-order valence-corrected chi connectivity index (χ4v) is 5.17. The number of esters is 2. The molecule has 1 aromatic heterocycles. The molecule has 6 nitrogen and oxygen atoms in total. The molecule has 162 valence electrons. The number of carbonyl (C=O) groups is 3. The van der Waals surface area contributed by atoms with Crippen LogP contribution in [0.5, 0.6) is 0 Å². The summed E-state index contributed by atoms with van der Waals surface area (Å²) in [6.07, 6.45) is 0.999. The van der Waals surface area contributed by atoms with Gasteiger partial charge in [0.05, 0.1) is 24.7 Å². The van der Waals surface area contributed by atoms with Crippen molar-refractivity contribution in [2.45, 2.75) is 59.5 Å². The van der Waals surface area contributed by atoms with Crippen LogP contribution in [0, 0.1) is 18.8 Å². The number of methoxy groups -OCH3 is 1. The van der Waals surface area contributed by atoms with Gasteiger partial charge in [-0.1, -0.05) is 13.8 Å². The average molecular weight is 432 g/mol. The van der Waals surface area contributed by atoms with Crippen LogP contribution in [0.25, 0.3) is 0 Å². The lowest BCUT2D eigenvalue weighted by atomic mass is 9.70. The molecule has 0 radical (unpaired) electrons. The highest BCUT2D eigenvalue weighted by atomic mass is 32.1. The third kappa shape index (κ3) is 3.95. The van der Waals surface area contributed by atoms with Gasteiger partial charge >= 0.3 is 11.9 Å². The number of hydrogen-bond acceptors (Lipinski definition) is 7. The fraction of sp³-hybridized carbons (Fsp3) is 0.522. The summed E-state index contributed by atoms with van der Waals surface area (Å²) in [6.45, 7) is 9.50. The van der Waals surface area contributed by atoms with Crippen molar-refractivity contribution in [3.8, 4) is 0 Å². The molecule has 7 heteroatoms. The Balaban J connectivity index is 2.13. The molecule has 0 spiro atoms. The summed E-state index contributed by atoms with van der Waals surface area (Å²) in [6, 6.07) is 3.92. The van der Waals surface area contributed by atoms with Crippen molar-refractivity contribution in [1.82, 2.24) is 5.32 Å². The standard InChI is InChI=1S/C23H29NO5S/c1-7-12(3)29-23(27)18-14(5)24-15-10-11(2)17(22(26)28-6)21(25)19(15)20(18)16-9-8-13(4)30-16/h8-9,11-12,17,20,24H,7,10H2,1-6H3/t11-,12+,17-,20+/m1/s1. The zero-order valence-electron chi connectivity index (χ0n) is 18.3. The quantitative estimate of drug-likeness (QED) is 0.560. The van der Waals surface area contributed by atoms with E-state index in [-0.39, 0.29) is 17.8 Å². The Morgan fingerprint density at radius 3 is 2.57 bits per heavy atom. The first-order chi connectivity index (χ1) is 14.2. The number of rotatable bonds is 5. The molecule has 0 unspecified atom stereocenters. The van der Waals surface area contributed by atoms with E-state index >= 15 is 0 Å². The van der Waals surface area contributed by atoms with Crippen molar-refractivity contribution >= 4 is 29.1 Å². The van der Waals surface area contributed by atoms with Gasteiger partial charge in [-0.3, -0.25) is 9.59 Å². The SMILES string of the molecule is CC[C@H](C)OC(=O)C1=C(C)NC2=C(C(=O)[C@H](C(=O)OC)[C@H](C)C2)[C@H]1c1ccc(C)s1. The molecular weight excluding hydrogens is 402 g/mol. The van der Waals surface area contributed by atoms with Crippen LogP contribution >= 0.6 is 11.3 Å². The third-order valence-corrected chi connectivity index (χ3v) is 6.96. The second-order valence-corrected chi connectivity index (χ2v) is 9.43. The van der Waals surface area contributed by atoms with Crippen molar-refractivity contribution in [3.63, 3.8) is 0 Å². The van der Waals surface area contributed by atoms with Gasteiger partial charge in [-0.15, -0.1) is 11.3 Å². The summed E-state index contributed by atoms with van der Waals surface area (Å²) in [7, 11) is 1.30. The molecule has 0 aromatic carbocycles. The summed E-state index contributed by atoms with van der Waals surface area (Å²) in [4.78, 5) is 41.1. The maximum atomic E-state index is 13.5. The maximum absolute atomic E-state index is 13.5.